The van der Waals surface area contributed by atoms with Gasteiger partial charge in [-0.25, -0.2) is 0 Å². The van der Waals surface area contributed by atoms with Crippen molar-refractivity contribution in [2.24, 2.45) is 0 Å². The van der Waals surface area contributed by atoms with Crippen molar-refractivity contribution in [1.82, 2.24) is 5.32 Å². The largest absolute Gasteiger partial charge is 0.497 e. The maximum absolute atomic E-state index is 12.4. The van der Waals surface area contributed by atoms with Crippen molar-refractivity contribution in [2.75, 3.05) is 14.2 Å². The van der Waals surface area contributed by atoms with E-state index in [1.165, 1.54) is 11.8 Å². The number of thioether (sulfide) groups is 1. The Balaban J connectivity index is 1.91. The van der Waals surface area contributed by atoms with Gasteiger partial charge in [0.15, 0.2) is 0 Å². The van der Waals surface area contributed by atoms with Gasteiger partial charge in [0.1, 0.15) is 11.5 Å². The zero-order valence-electron chi connectivity index (χ0n) is 14.4. The Bertz CT molecular complexity index is 655. The lowest BCUT2D eigenvalue weighted by molar-refractivity contribution is -0.120. The summed E-state index contributed by atoms with van der Waals surface area (Å²) >= 11 is 1.53. The molecule has 2 aromatic carbocycles. The first-order chi connectivity index (χ1) is 11.5. The number of hydrogen-bond acceptors (Lipinski definition) is 4. The third-order valence-electron chi connectivity index (χ3n) is 3.72. The molecule has 1 amide bonds. The zero-order valence-corrected chi connectivity index (χ0v) is 15.2. The predicted molar refractivity (Wildman–Crippen MR) is 97.9 cm³/mol. The number of ether oxygens (including phenoxy) is 2. The average molecular weight is 345 g/mol. The second-order valence-corrected chi connectivity index (χ2v) is 6.85. The standard InChI is InChI=1S/C19H23NO3S/c1-13(15-5-7-16(22-3)8-6-15)20-19(21)14(2)24-18-11-9-17(23-4)10-12-18/h5-14H,1-4H3,(H,20,21). The minimum Gasteiger partial charge on any atom is -0.497 e. The SMILES string of the molecule is COc1ccc(SC(C)C(=O)NC(C)c2ccc(OC)cc2)cc1. The molecular formula is C19H23NO3S. The minimum absolute atomic E-state index is 0.0131. The molecule has 0 fully saturated rings. The van der Waals surface area contributed by atoms with Crippen LogP contribution in [-0.4, -0.2) is 25.4 Å². The van der Waals surface area contributed by atoms with E-state index in [-0.39, 0.29) is 17.2 Å². The fourth-order valence-corrected chi connectivity index (χ4v) is 3.10. The van der Waals surface area contributed by atoms with Gasteiger partial charge in [0.25, 0.3) is 0 Å². The van der Waals surface area contributed by atoms with E-state index in [0.29, 0.717) is 0 Å². The molecular weight excluding hydrogens is 322 g/mol. The summed E-state index contributed by atoms with van der Waals surface area (Å²) < 4.78 is 10.3. The van der Waals surface area contributed by atoms with Gasteiger partial charge in [-0.2, -0.15) is 0 Å². The Hall–Kier alpha value is -2.14. The Labute approximate surface area is 147 Å². The maximum atomic E-state index is 12.4. The van der Waals surface area contributed by atoms with Crippen LogP contribution in [0.15, 0.2) is 53.4 Å². The molecule has 0 heterocycles. The molecule has 2 aromatic rings. The molecule has 0 spiro atoms. The van der Waals surface area contributed by atoms with Crippen LogP contribution in [0.5, 0.6) is 11.5 Å². The number of carbonyl (C=O) groups is 1. The number of nitrogens with one attached hydrogen (secondary N) is 1. The third kappa shape index (κ3) is 4.93. The van der Waals surface area contributed by atoms with Crippen molar-refractivity contribution >= 4 is 17.7 Å². The van der Waals surface area contributed by atoms with Gasteiger partial charge in [0.2, 0.25) is 5.91 Å². The number of carbonyl (C=O) groups excluding carboxylic acids is 1. The summed E-state index contributed by atoms with van der Waals surface area (Å²) in [6.07, 6.45) is 0. The van der Waals surface area contributed by atoms with Gasteiger partial charge < -0.3 is 14.8 Å². The van der Waals surface area contributed by atoms with Crippen LogP contribution in [0, 0.1) is 0 Å². The first-order valence-electron chi connectivity index (χ1n) is 7.78. The molecule has 0 saturated heterocycles. The highest BCUT2D eigenvalue weighted by Gasteiger charge is 2.17. The molecule has 2 unspecified atom stereocenters. The molecule has 1 N–H and O–H groups in total. The van der Waals surface area contributed by atoms with E-state index in [2.05, 4.69) is 5.32 Å². The van der Waals surface area contributed by atoms with Crippen LogP contribution >= 0.6 is 11.8 Å². The van der Waals surface area contributed by atoms with Crippen molar-refractivity contribution in [3.8, 4) is 11.5 Å². The minimum atomic E-state index is -0.181. The number of benzene rings is 2. The highest BCUT2D eigenvalue weighted by Crippen LogP contribution is 2.26. The van der Waals surface area contributed by atoms with E-state index in [9.17, 15) is 4.79 Å². The number of amides is 1. The Morgan fingerprint density at radius 3 is 1.92 bits per heavy atom. The fourth-order valence-electron chi connectivity index (χ4n) is 2.22. The summed E-state index contributed by atoms with van der Waals surface area (Å²) in [4.78, 5) is 13.4. The van der Waals surface area contributed by atoms with Crippen LogP contribution in [0.4, 0.5) is 0 Å². The number of rotatable bonds is 7. The Morgan fingerprint density at radius 2 is 1.42 bits per heavy atom. The average Bonchev–Trinajstić information content (AvgIpc) is 2.62. The first kappa shape index (κ1) is 18.2. The topological polar surface area (TPSA) is 47.6 Å². The third-order valence-corrected chi connectivity index (χ3v) is 4.83. The monoisotopic (exact) mass is 345 g/mol. The van der Waals surface area contributed by atoms with Crippen molar-refractivity contribution in [2.45, 2.75) is 30.0 Å². The smallest absolute Gasteiger partial charge is 0.233 e. The molecule has 2 atom stereocenters. The molecule has 0 saturated carbocycles. The lowest BCUT2D eigenvalue weighted by atomic mass is 10.1. The fraction of sp³-hybridized carbons (Fsp3) is 0.316. The highest BCUT2D eigenvalue weighted by atomic mass is 32.2. The zero-order chi connectivity index (χ0) is 17.5. The van der Waals surface area contributed by atoms with Crippen LogP contribution in [0.25, 0.3) is 0 Å². The van der Waals surface area contributed by atoms with Crippen LogP contribution in [-0.2, 0) is 4.79 Å². The second-order valence-electron chi connectivity index (χ2n) is 5.44. The summed E-state index contributed by atoms with van der Waals surface area (Å²) in [6.45, 7) is 3.88. The highest BCUT2D eigenvalue weighted by molar-refractivity contribution is 8.00. The van der Waals surface area contributed by atoms with E-state index in [4.69, 9.17) is 9.47 Å². The van der Waals surface area contributed by atoms with Gasteiger partial charge in [-0.05, 0) is 55.8 Å². The molecule has 0 aliphatic carbocycles. The summed E-state index contributed by atoms with van der Waals surface area (Å²) in [5.74, 6) is 1.63. The van der Waals surface area contributed by atoms with Crippen molar-refractivity contribution < 1.29 is 14.3 Å². The van der Waals surface area contributed by atoms with E-state index in [0.717, 1.165) is 22.0 Å². The van der Waals surface area contributed by atoms with Crippen molar-refractivity contribution in [3.05, 3.63) is 54.1 Å². The second kappa shape index (κ2) is 8.64. The normalized spacial score (nSPS) is 13.0. The van der Waals surface area contributed by atoms with Gasteiger partial charge in [0.05, 0.1) is 25.5 Å². The quantitative estimate of drug-likeness (QED) is 0.769. The summed E-state index contributed by atoms with van der Waals surface area (Å²) in [5, 5.41) is 2.87. The van der Waals surface area contributed by atoms with Crippen molar-refractivity contribution in [3.63, 3.8) is 0 Å². The molecule has 0 aliphatic rings. The molecule has 0 bridgehead atoms. The molecule has 128 valence electrons. The van der Waals surface area contributed by atoms with Gasteiger partial charge in [0, 0.05) is 4.90 Å². The Kier molecular flexibility index (Phi) is 6.55. The number of hydrogen-bond donors (Lipinski definition) is 1. The van der Waals surface area contributed by atoms with E-state index >= 15 is 0 Å². The molecule has 0 radical (unpaired) electrons. The van der Waals surface area contributed by atoms with E-state index in [1.807, 2.05) is 62.4 Å². The number of methoxy groups -OCH3 is 2. The summed E-state index contributed by atoms with van der Waals surface area (Å²) in [7, 11) is 3.27. The first-order valence-corrected chi connectivity index (χ1v) is 8.66. The molecule has 5 heteroatoms. The maximum Gasteiger partial charge on any atom is 0.233 e. The molecule has 4 nitrogen and oxygen atoms in total. The van der Waals surface area contributed by atoms with E-state index < -0.39 is 0 Å². The Morgan fingerprint density at radius 1 is 0.917 bits per heavy atom. The summed E-state index contributed by atoms with van der Waals surface area (Å²) in [6, 6.07) is 15.4. The van der Waals surface area contributed by atoms with Gasteiger partial charge in [-0.15, -0.1) is 11.8 Å². The molecule has 2 rings (SSSR count). The summed E-state index contributed by atoms with van der Waals surface area (Å²) in [5.41, 5.74) is 1.05. The van der Waals surface area contributed by atoms with Crippen LogP contribution < -0.4 is 14.8 Å². The van der Waals surface area contributed by atoms with Crippen molar-refractivity contribution in [1.29, 1.82) is 0 Å². The van der Waals surface area contributed by atoms with Crippen LogP contribution in [0.1, 0.15) is 25.5 Å². The molecule has 24 heavy (non-hydrogen) atoms. The predicted octanol–water partition coefficient (Wildman–Crippen LogP) is 4.06. The van der Waals surface area contributed by atoms with E-state index in [1.54, 1.807) is 14.2 Å². The molecule has 0 aromatic heterocycles. The van der Waals surface area contributed by atoms with Gasteiger partial charge in [-0.3, -0.25) is 4.79 Å². The van der Waals surface area contributed by atoms with Gasteiger partial charge in [-0.1, -0.05) is 12.1 Å². The van der Waals surface area contributed by atoms with Crippen LogP contribution in [0.2, 0.25) is 0 Å². The van der Waals surface area contributed by atoms with Gasteiger partial charge >= 0.3 is 0 Å². The molecule has 0 aliphatic heterocycles. The lowest BCUT2D eigenvalue weighted by Crippen LogP contribution is -2.33. The lowest BCUT2D eigenvalue weighted by Gasteiger charge is -2.18. The van der Waals surface area contributed by atoms with Crippen LogP contribution in [0.3, 0.4) is 0 Å².